The summed E-state index contributed by atoms with van der Waals surface area (Å²) in [6.07, 6.45) is -1.05. The summed E-state index contributed by atoms with van der Waals surface area (Å²) in [5, 5.41) is 12.8. The van der Waals surface area contributed by atoms with Crippen LogP contribution in [0.5, 0.6) is 0 Å². The van der Waals surface area contributed by atoms with Crippen molar-refractivity contribution >= 4 is 5.91 Å². The van der Waals surface area contributed by atoms with Crippen LogP contribution >= 0.6 is 0 Å². The molecular formula is C22H35NO6. The van der Waals surface area contributed by atoms with E-state index in [1.807, 2.05) is 58.0 Å². The van der Waals surface area contributed by atoms with E-state index in [0.717, 1.165) is 5.56 Å². The summed E-state index contributed by atoms with van der Waals surface area (Å²) in [6, 6.07) is 9.63. The Bertz CT molecular complexity index is 582. The van der Waals surface area contributed by atoms with Crippen molar-refractivity contribution in [2.24, 2.45) is 0 Å². The van der Waals surface area contributed by atoms with Gasteiger partial charge in [-0.3, -0.25) is 4.79 Å². The normalized spacial score (nSPS) is 23.3. The Labute approximate surface area is 174 Å². The smallest absolute Gasteiger partial charge is 0.222 e. The largest absolute Gasteiger partial charge is 0.369 e. The molecule has 0 radical (unpaired) electrons. The van der Waals surface area contributed by atoms with E-state index in [9.17, 15) is 9.90 Å². The highest BCUT2D eigenvalue weighted by atomic mass is 16.7. The molecule has 1 aromatic rings. The van der Waals surface area contributed by atoms with Crippen molar-refractivity contribution in [2.75, 3.05) is 13.2 Å². The van der Waals surface area contributed by atoms with E-state index in [4.69, 9.17) is 18.9 Å². The average molecular weight is 410 g/mol. The number of carbonyl (C=O) groups excluding carboxylic acids is 1. The van der Waals surface area contributed by atoms with Crippen LogP contribution in [0, 0.1) is 0 Å². The van der Waals surface area contributed by atoms with Gasteiger partial charge in [0.1, 0.15) is 6.10 Å². The quantitative estimate of drug-likeness (QED) is 0.456. The van der Waals surface area contributed by atoms with E-state index in [1.165, 1.54) is 0 Å². The Morgan fingerprint density at radius 2 is 2.07 bits per heavy atom. The van der Waals surface area contributed by atoms with Crippen LogP contribution in [0.3, 0.4) is 0 Å². The van der Waals surface area contributed by atoms with Gasteiger partial charge in [0.2, 0.25) is 12.2 Å². The number of aliphatic hydroxyl groups is 1. The lowest BCUT2D eigenvalue weighted by atomic mass is 10.1. The molecule has 1 aliphatic heterocycles. The van der Waals surface area contributed by atoms with Crippen molar-refractivity contribution in [3.8, 4) is 0 Å². The monoisotopic (exact) mass is 409 g/mol. The first-order valence-electron chi connectivity index (χ1n) is 10.2. The minimum atomic E-state index is -1.30. The SMILES string of the molecule is C=CCOC(OC1COC(c2ccccc2)OC1C)[C@H](O)NC(=O)CCC.CC. The van der Waals surface area contributed by atoms with Crippen LogP contribution in [0.15, 0.2) is 43.0 Å². The zero-order valence-electron chi connectivity index (χ0n) is 17.9. The number of aliphatic hydroxyl groups excluding tert-OH is 1. The topological polar surface area (TPSA) is 86.2 Å². The Balaban J connectivity index is 0.00000204. The zero-order chi connectivity index (χ0) is 21.6. The predicted octanol–water partition coefficient (Wildman–Crippen LogP) is 3.30. The lowest BCUT2D eigenvalue weighted by molar-refractivity contribution is -0.303. The first-order valence-corrected chi connectivity index (χ1v) is 10.2. The van der Waals surface area contributed by atoms with Crippen molar-refractivity contribution in [2.45, 2.75) is 71.6 Å². The maximum Gasteiger partial charge on any atom is 0.222 e. The van der Waals surface area contributed by atoms with Gasteiger partial charge in [-0.25, -0.2) is 0 Å². The lowest BCUT2D eigenvalue weighted by Crippen LogP contribution is -2.50. The highest BCUT2D eigenvalue weighted by Crippen LogP contribution is 2.28. The van der Waals surface area contributed by atoms with E-state index in [-0.39, 0.29) is 25.2 Å². The fraction of sp³-hybridized carbons (Fsp3) is 0.591. The van der Waals surface area contributed by atoms with Gasteiger partial charge in [0.05, 0.1) is 19.3 Å². The van der Waals surface area contributed by atoms with E-state index < -0.39 is 24.9 Å². The maximum absolute atomic E-state index is 11.7. The van der Waals surface area contributed by atoms with Crippen molar-refractivity contribution in [1.29, 1.82) is 0 Å². The summed E-state index contributed by atoms with van der Waals surface area (Å²) in [7, 11) is 0. The Morgan fingerprint density at radius 1 is 1.38 bits per heavy atom. The van der Waals surface area contributed by atoms with E-state index in [2.05, 4.69) is 11.9 Å². The summed E-state index contributed by atoms with van der Waals surface area (Å²) in [6.45, 7) is 11.8. The standard InChI is InChI=1S/C20H29NO6.C2H6/c1-4-9-17(22)21-18(23)20(24-12-5-2)27-16-13-25-19(26-14(16)3)15-10-7-6-8-11-15;1-2/h5-8,10-11,14,16,18-20,23H,2,4,9,12-13H2,1,3H3,(H,21,22);1-2H3/t14?,16?,18-,19?,20?;/m0./s1. The van der Waals surface area contributed by atoms with Crippen LogP contribution < -0.4 is 5.32 Å². The summed E-state index contributed by atoms with van der Waals surface area (Å²) < 4.78 is 23.0. The van der Waals surface area contributed by atoms with Gasteiger partial charge in [0, 0.05) is 12.0 Å². The number of amides is 1. The number of benzene rings is 1. The fourth-order valence-corrected chi connectivity index (χ4v) is 2.65. The lowest BCUT2D eigenvalue weighted by Gasteiger charge is -2.37. The van der Waals surface area contributed by atoms with Gasteiger partial charge in [-0.05, 0) is 13.3 Å². The van der Waals surface area contributed by atoms with Crippen LogP contribution in [-0.2, 0) is 23.7 Å². The molecule has 1 aromatic carbocycles. The second-order valence-electron chi connectivity index (χ2n) is 6.34. The molecule has 0 spiro atoms. The van der Waals surface area contributed by atoms with Crippen LogP contribution in [0.2, 0.25) is 0 Å². The first-order chi connectivity index (χ1) is 14.0. The van der Waals surface area contributed by atoms with E-state index in [1.54, 1.807) is 6.08 Å². The van der Waals surface area contributed by atoms with Crippen LogP contribution in [0.1, 0.15) is 52.4 Å². The van der Waals surface area contributed by atoms with Gasteiger partial charge in [-0.2, -0.15) is 0 Å². The van der Waals surface area contributed by atoms with Gasteiger partial charge < -0.3 is 29.4 Å². The van der Waals surface area contributed by atoms with Gasteiger partial charge in [-0.1, -0.05) is 57.2 Å². The molecule has 1 fully saturated rings. The van der Waals surface area contributed by atoms with Crippen LogP contribution in [0.4, 0.5) is 0 Å². The number of ether oxygens (including phenoxy) is 4. The second-order valence-corrected chi connectivity index (χ2v) is 6.34. The van der Waals surface area contributed by atoms with E-state index in [0.29, 0.717) is 12.8 Å². The van der Waals surface area contributed by atoms with Crippen LogP contribution in [0.25, 0.3) is 0 Å². The molecule has 1 heterocycles. The van der Waals surface area contributed by atoms with Crippen molar-refractivity contribution < 1.29 is 28.8 Å². The molecule has 4 unspecified atom stereocenters. The minimum absolute atomic E-state index is 0.167. The highest BCUT2D eigenvalue weighted by molar-refractivity contribution is 5.75. The Kier molecular flexibility index (Phi) is 12.4. The van der Waals surface area contributed by atoms with Gasteiger partial charge >= 0.3 is 0 Å². The predicted molar refractivity (Wildman–Crippen MR) is 111 cm³/mol. The number of hydrogen-bond donors (Lipinski definition) is 2. The summed E-state index contributed by atoms with van der Waals surface area (Å²) in [5.74, 6) is -0.269. The molecule has 0 bridgehead atoms. The third-order valence-electron chi connectivity index (χ3n) is 4.08. The third kappa shape index (κ3) is 8.64. The molecule has 1 aliphatic rings. The van der Waals surface area contributed by atoms with E-state index >= 15 is 0 Å². The summed E-state index contributed by atoms with van der Waals surface area (Å²) >= 11 is 0. The second kappa shape index (κ2) is 14.3. The fourth-order valence-electron chi connectivity index (χ4n) is 2.65. The number of hydrogen-bond acceptors (Lipinski definition) is 6. The molecule has 0 saturated carbocycles. The van der Waals surface area contributed by atoms with Gasteiger partial charge in [0.15, 0.2) is 12.5 Å². The number of rotatable bonds is 10. The van der Waals surface area contributed by atoms with Crippen LogP contribution in [-0.4, -0.2) is 49.0 Å². The highest BCUT2D eigenvalue weighted by Gasteiger charge is 2.34. The van der Waals surface area contributed by atoms with Gasteiger partial charge in [0.25, 0.3) is 0 Å². The number of nitrogens with one attached hydrogen (secondary N) is 1. The molecule has 7 nitrogen and oxygen atoms in total. The molecule has 2 N–H and O–H groups in total. The Hall–Kier alpha value is -1.77. The van der Waals surface area contributed by atoms with Crippen molar-refractivity contribution in [3.63, 3.8) is 0 Å². The molecule has 7 heteroatoms. The number of carbonyl (C=O) groups is 1. The maximum atomic E-state index is 11.7. The zero-order valence-corrected chi connectivity index (χ0v) is 17.9. The molecule has 1 amide bonds. The summed E-state index contributed by atoms with van der Waals surface area (Å²) in [4.78, 5) is 11.7. The van der Waals surface area contributed by atoms with Crippen molar-refractivity contribution in [1.82, 2.24) is 5.32 Å². The first kappa shape index (κ1) is 25.3. The molecule has 1 saturated heterocycles. The minimum Gasteiger partial charge on any atom is -0.369 e. The average Bonchev–Trinajstić information content (AvgIpc) is 2.74. The molecule has 0 aromatic heterocycles. The third-order valence-corrected chi connectivity index (χ3v) is 4.08. The molecule has 2 rings (SSSR count). The molecule has 0 aliphatic carbocycles. The molecule has 5 atom stereocenters. The molecule has 29 heavy (non-hydrogen) atoms. The summed E-state index contributed by atoms with van der Waals surface area (Å²) in [5.41, 5.74) is 0.925. The van der Waals surface area contributed by atoms with Gasteiger partial charge in [-0.15, -0.1) is 6.58 Å². The van der Waals surface area contributed by atoms with Crippen molar-refractivity contribution in [3.05, 3.63) is 48.6 Å². The molecular weight excluding hydrogens is 374 g/mol. The Morgan fingerprint density at radius 3 is 2.66 bits per heavy atom. The molecule has 164 valence electrons.